The van der Waals surface area contributed by atoms with Gasteiger partial charge in [0.1, 0.15) is 0 Å². The van der Waals surface area contributed by atoms with Gasteiger partial charge in [0, 0.05) is 17.5 Å². The van der Waals surface area contributed by atoms with E-state index in [-0.39, 0.29) is 18.0 Å². The molecule has 0 aromatic heterocycles. The van der Waals surface area contributed by atoms with Gasteiger partial charge in [0.15, 0.2) is 11.6 Å². The maximum atomic E-state index is 13.5. The van der Waals surface area contributed by atoms with Crippen molar-refractivity contribution in [2.45, 2.75) is 11.8 Å². The minimum atomic E-state index is -0.950. The highest BCUT2D eigenvalue weighted by molar-refractivity contribution is 6.20. The van der Waals surface area contributed by atoms with Crippen molar-refractivity contribution in [3.63, 3.8) is 0 Å². The Morgan fingerprint density at radius 3 is 1.58 bits per heavy atom. The molecule has 0 fully saturated rings. The lowest BCUT2D eigenvalue weighted by atomic mass is 9.62. The molecule has 0 saturated heterocycles. The number of Topliss-reactive ketones (excluding diaryl/α,β-unsaturated/α-hetero) is 2. The fraction of sp³-hybridized carbons (Fsp3) is 0.0909. The summed E-state index contributed by atoms with van der Waals surface area (Å²) in [7, 11) is 0. The molecule has 0 spiro atoms. The average molecular weight is 312 g/mol. The SMILES string of the molecule is O=C1CC(c2ccccc2)(c2ccccc2)C(=O)c2ccccc21. The monoisotopic (exact) mass is 312 g/mol. The molecule has 0 bridgehead atoms. The van der Waals surface area contributed by atoms with Crippen LogP contribution in [-0.4, -0.2) is 11.6 Å². The lowest BCUT2D eigenvalue weighted by Gasteiger charge is -2.37. The van der Waals surface area contributed by atoms with Crippen LogP contribution >= 0.6 is 0 Å². The second-order valence-corrected chi connectivity index (χ2v) is 6.11. The topological polar surface area (TPSA) is 34.1 Å². The van der Waals surface area contributed by atoms with Crippen LogP contribution in [0.25, 0.3) is 0 Å². The Balaban J connectivity index is 2.03. The van der Waals surface area contributed by atoms with Gasteiger partial charge in [-0.15, -0.1) is 0 Å². The van der Waals surface area contributed by atoms with Gasteiger partial charge in [0.05, 0.1) is 5.41 Å². The zero-order chi connectivity index (χ0) is 16.6. The van der Waals surface area contributed by atoms with Gasteiger partial charge < -0.3 is 0 Å². The minimum absolute atomic E-state index is 0.00454. The number of hydrogen-bond acceptors (Lipinski definition) is 2. The maximum Gasteiger partial charge on any atom is 0.178 e. The van der Waals surface area contributed by atoms with E-state index in [4.69, 9.17) is 0 Å². The Hall–Kier alpha value is -3.00. The Kier molecular flexibility index (Phi) is 3.39. The fourth-order valence-corrected chi connectivity index (χ4v) is 3.65. The van der Waals surface area contributed by atoms with E-state index >= 15 is 0 Å². The van der Waals surface area contributed by atoms with Crippen LogP contribution < -0.4 is 0 Å². The summed E-state index contributed by atoms with van der Waals surface area (Å²) in [6, 6.07) is 26.4. The molecule has 0 amide bonds. The zero-order valence-electron chi connectivity index (χ0n) is 13.1. The lowest BCUT2D eigenvalue weighted by Crippen LogP contribution is -2.43. The Bertz CT molecular complexity index is 871. The van der Waals surface area contributed by atoms with Crippen molar-refractivity contribution in [2.24, 2.45) is 0 Å². The van der Waals surface area contributed by atoms with Crippen molar-refractivity contribution in [1.29, 1.82) is 0 Å². The largest absolute Gasteiger partial charge is 0.294 e. The highest BCUT2D eigenvalue weighted by Gasteiger charge is 2.48. The first-order chi connectivity index (χ1) is 11.7. The molecule has 0 radical (unpaired) electrons. The summed E-state index contributed by atoms with van der Waals surface area (Å²) in [6.07, 6.45) is 0.164. The molecular weight excluding hydrogens is 296 g/mol. The zero-order valence-corrected chi connectivity index (χ0v) is 13.1. The standard InChI is InChI=1S/C22H16O2/c23-20-15-22(16-9-3-1-4-10-16,17-11-5-2-6-12-17)21(24)19-14-8-7-13-18(19)20/h1-14H,15H2. The minimum Gasteiger partial charge on any atom is -0.294 e. The maximum absolute atomic E-state index is 13.5. The normalized spacial score (nSPS) is 15.8. The number of carbonyl (C=O) groups is 2. The van der Waals surface area contributed by atoms with Crippen LogP contribution in [0.5, 0.6) is 0 Å². The lowest BCUT2D eigenvalue weighted by molar-refractivity contribution is 0.0815. The molecule has 3 aromatic rings. The quantitative estimate of drug-likeness (QED) is 0.701. The molecule has 3 aromatic carbocycles. The molecule has 0 aliphatic heterocycles. The van der Waals surface area contributed by atoms with E-state index in [0.717, 1.165) is 11.1 Å². The molecule has 4 rings (SSSR count). The van der Waals surface area contributed by atoms with E-state index < -0.39 is 5.41 Å². The van der Waals surface area contributed by atoms with Crippen LogP contribution in [0, 0.1) is 0 Å². The van der Waals surface area contributed by atoms with E-state index in [2.05, 4.69) is 0 Å². The summed E-state index contributed by atoms with van der Waals surface area (Å²) in [6.45, 7) is 0. The first-order valence-corrected chi connectivity index (χ1v) is 8.01. The van der Waals surface area contributed by atoms with Crippen LogP contribution in [-0.2, 0) is 5.41 Å². The van der Waals surface area contributed by atoms with Crippen molar-refractivity contribution in [2.75, 3.05) is 0 Å². The highest BCUT2D eigenvalue weighted by atomic mass is 16.1. The third-order valence-electron chi connectivity index (χ3n) is 4.82. The predicted molar refractivity (Wildman–Crippen MR) is 93.4 cm³/mol. The van der Waals surface area contributed by atoms with Crippen LogP contribution in [0.2, 0.25) is 0 Å². The molecule has 0 atom stereocenters. The molecule has 1 aliphatic carbocycles. The molecule has 0 saturated carbocycles. The second-order valence-electron chi connectivity index (χ2n) is 6.11. The summed E-state index contributed by atoms with van der Waals surface area (Å²) >= 11 is 0. The van der Waals surface area contributed by atoms with E-state index in [1.807, 2.05) is 72.8 Å². The summed E-state index contributed by atoms with van der Waals surface area (Å²) in [4.78, 5) is 26.4. The van der Waals surface area contributed by atoms with Crippen molar-refractivity contribution < 1.29 is 9.59 Å². The summed E-state index contributed by atoms with van der Waals surface area (Å²) < 4.78 is 0. The first kappa shape index (κ1) is 14.6. The van der Waals surface area contributed by atoms with Gasteiger partial charge in [0.2, 0.25) is 0 Å². The summed E-state index contributed by atoms with van der Waals surface area (Å²) in [5.74, 6) is 0.00741. The summed E-state index contributed by atoms with van der Waals surface area (Å²) in [5.41, 5.74) is 1.83. The molecule has 0 N–H and O–H groups in total. The Morgan fingerprint density at radius 1 is 0.583 bits per heavy atom. The van der Waals surface area contributed by atoms with Crippen molar-refractivity contribution in [3.05, 3.63) is 107 Å². The molecule has 2 nitrogen and oxygen atoms in total. The Morgan fingerprint density at radius 2 is 1.04 bits per heavy atom. The van der Waals surface area contributed by atoms with E-state index in [1.165, 1.54) is 0 Å². The highest BCUT2D eigenvalue weighted by Crippen LogP contribution is 2.43. The van der Waals surface area contributed by atoms with Crippen LogP contribution in [0.3, 0.4) is 0 Å². The predicted octanol–water partition coefficient (Wildman–Crippen LogP) is 4.44. The number of carbonyl (C=O) groups excluding carboxylic acids is 2. The van der Waals surface area contributed by atoms with Gasteiger partial charge in [-0.2, -0.15) is 0 Å². The van der Waals surface area contributed by atoms with Crippen molar-refractivity contribution in [1.82, 2.24) is 0 Å². The third kappa shape index (κ3) is 2.04. The van der Waals surface area contributed by atoms with Crippen LogP contribution in [0.1, 0.15) is 38.3 Å². The van der Waals surface area contributed by atoms with Gasteiger partial charge in [-0.25, -0.2) is 0 Å². The number of hydrogen-bond donors (Lipinski definition) is 0. The first-order valence-electron chi connectivity index (χ1n) is 8.01. The fourth-order valence-electron chi connectivity index (χ4n) is 3.65. The van der Waals surface area contributed by atoms with Crippen LogP contribution in [0.15, 0.2) is 84.9 Å². The second kappa shape index (κ2) is 5.57. The number of rotatable bonds is 2. The smallest absolute Gasteiger partial charge is 0.178 e. The van der Waals surface area contributed by atoms with Gasteiger partial charge in [0.25, 0.3) is 0 Å². The van der Waals surface area contributed by atoms with Crippen molar-refractivity contribution >= 4 is 11.6 Å². The average Bonchev–Trinajstić information content (AvgIpc) is 2.66. The molecule has 2 heteroatoms. The molecular formula is C22H16O2. The molecule has 0 unspecified atom stereocenters. The van der Waals surface area contributed by atoms with Gasteiger partial charge in [-0.3, -0.25) is 9.59 Å². The molecule has 24 heavy (non-hydrogen) atoms. The number of benzene rings is 3. The van der Waals surface area contributed by atoms with Gasteiger partial charge in [-0.05, 0) is 11.1 Å². The third-order valence-corrected chi connectivity index (χ3v) is 4.82. The Labute approximate surface area is 140 Å². The van der Waals surface area contributed by atoms with E-state index in [1.54, 1.807) is 12.1 Å². The van der Waals surface area contributed by atoms with Crippen molar-refractivity contribution in [3.8, 4) is 0 Å². The van der Waals surface area contributed by atoms with E-state index in [9.17, 15) is 9.59 Å². The van der Waals surface area contributed by atoms with Crippen LogP contribution in [0.4, 0.5) is 0 Å². The molecule has 0 heterocycles. The van der Waals surface area contributed by atoms with Gasteiger partial charge >= 0.3 is 0 Å². The van der Waals surface area contributed by atoms with Gasteiger partial charge in [-0.1, -0.05) is 84.9 Å². The molecule has 116 valence electrons. The molecule has 1 aliphatic rings. The van der Waals surface area contributed by atoms with E-state index in [0.29, 0.717) is 11.1 Å². The summed E-state index contributed by atoms with van der Waals surface area (Å²) in [5, 5.41) is 0. The number of ketones is 2. The number of fused-ring (bicyclic) bond motifs is 1.